The molecule has 21 heavy (non-hydrogen) atoms. The number of rotatable bonds is 4. The van der Waals surface area contributed by atoms with Crippen LogP contribution >= 0.6 is 0 Å². The summed E-state index contributed by atoms with van der Waals surface area (Å²) in [6, 6.07) is 9.73. The van der Waals surface area contributed by atoms with E-state index in [9.17, 15) is 4.79 Å². The molecule has 4 heteroatoms. The molecule has 110 valence electrons. The van der Waals surface area contributed by atoms with Gasteiger partial charge in [-0.2, -0.15) is 0 Å². The van der Waals surface area contributed by atoms with E-state index in [-0.39, 0.29) is 6.03 Å². The summed E-state index contributed by atoms with van der Waals surface area (Å²) in [5.41, 5.74) is 5.67. The first-order valence-corrected chi connectivity index (χ1v) is 7.04. The number of benzene rings is 1. The monoisotopic (exact) mass is 283 g/mol. The van der Waals surface area contributed by atoms with Gasteiger partial charge in [-0.1, -0.05) is 23.8 Å². The second-order valence-electron chi connectivity index (χ2n) is 5.23. The van der Waals surface area contributed by atoms with Crippen molar-refractivity contribution in [2.24, 2.45) is 0 Å². The summed E-state index contributed by atoms with van der Waals surface area (Å²) in [6.45, 7) is 7.19. The van der Waals surface area contributed by atoms with Gasteiger partial charge in [-0.25, -0.2) is 4.79 Å². The molecule has 0 unspecified atom stereocenters. The topological polar surface area (TPSA) is 54.0 Å². The summed E-state index contributed by atoms with van der Waals surface area (Å²) in [5, 5.41) is 5.70. The Bertz CT molecular complexity index is 600. The van der Waals surface area contributed by atoms with E-state index in [1.165, 1.54) is 22.3 Å². The molecule has 0 saturated heterocycles. The summed E-state index contributed by atoms with van der Waals surface area (Å²) in [6.07, 6.45) is 1.72. The van der Waals surface area contributed by atoms with E-state index >= 15 is 0 Å². The molecule has 0 aliphatic heterocycles. The van der Waals surface area contributed by atoms with E-state index in [0.29, 0.717) is 13.1 Å². The number of carbonyl (C=O) groups excluding carboxylic acids is 1. The van der Waals surface area contributed by atoms with E-state index in [2.05, 4.69) is 48.5 Å². The number of aromatic nitrogens is 1. The number of urea groups is 1. The van der Waals surface area contributed by atoms with Crippen LogP contribution in [0.5, 0.6) is 0 Å². The summed E-state index contributed by atoms with van der Waals surface area (Å²) in [7, 11) is 0. The Kier molecular flexibility index (Phi) is 4.93. The zero-order valence-corrected chi connectivity index (χ0v) is 12.7. The van der Waals surface area contributed by atoms with E-state index in [4.69, 9.17) is 0 Å². The van der Waals surface area contributed by atoms with Gasteiger partial charge in [0.2, 0.25) is 0 Å². The molecule has 0 aliphatic carbocycles. The summed E-state index contributed by atoms with van der Waals surface area (Å²) in [4.78, 5) is 16.0. The molecule has 0 fully saturated rings. The SMILES string of the molecule is Cc1cc(C)c(CNC(=O)NCc2ccccn2)c(C)c1. The molecule has 0 bridgehead atoms. The maximum absolute atomic E-state index is 11.8. The van der Waals surface area contributed by atoms with Gasteiger partial charge in [-0.05, 0) is 49.6 Å². The van der Waals surface area contributed by atoms with Gasteiger partial charge < -0.3 is 10.6 Å². The molecule has 2 amide bonds. The van der Waals surface area contributed by atoms with Crippen molar-refractivity contribution in [2.75, 3.05) is 0 Å². The molecular weight excluding hydrogens is 262 g/mol. The molecule has 0 atom stereocenters. The summed E-state index contributed by atoms with van der Waals surface area (Å²) >= 11 is 0. The van der Waals surface area contributed by atoms with E-state index in [1.54, 1.807) is 6.20 Å². The zero-order chi connectivity index (χ0) is 15.2. The highest BCUT2D eigenvalue weighted by molar-refractivity contribution is 5.73. The number of amides is 2. The predicted octanol–water partition coefficient (Wildman–Crippen LogP) is 3.01. The number of pyridine rings is 1. The molecule has 0 aliphatic rings. The average Bonchev–Trinajstić information content (AvgIpc) is 2.45. The van der Waals surface area contributed by atoms with Gasteiger partial charge >= 0.3 is 6.03 Å². The van der Waals surface area contributed by atoms with Gasteiger partial charge in [0.25, 0.3) is 0 Å². The third kappa shape index (κ3) is 4.31. The lowest BCUT2D eigenvalue weighted by Crippen LogP contribution is -2.35. The number of aryl methyl sites for hydroxylation is 3. The minimum Gasteiger partial charge on any atom is -0.334 e. The van der Waals surface area contributed by atoms with Gasteiger partial charge in [0.1, 0.15) is 0 Å². The number of nitrogens with one attached hydrogen (secondary N) is 2. The lowest BCUT2D eigenvalue weighted by molar-refractivity contribution is 0.240. The molecular formula is C17H21N3O. The van der Waals surface area contributed by atoms with Crippen molar-refractivity contribution < 1.29 is 4.79 Å². The Labute approximate surface area is 125 Å². The highest BCUT2D eigenvalue weighted by Gasteiger charge is 2.06. The number of hydrogen-bond acceptors (Lipinski definition) is 2. The first-order chi connectivity index (χ1) is 10.1. The van der Waals surface area contributed by atoms with Gasteiger partial charge in [-0.15, -0.1) is 0 Å². The van der Waals surface area contributed by atoms with Crippen LogP contribution in [0.4, 0.5) is 4.79 Å². The summed E-state index contributed by atoms with van der Waals surface area (Å²) < 4.78 is 0. The van der Waals surface area contributed by atoms with Crippen molar-refractivity contribution in [3.05, 3.63) is 64.5 Å². The normalized spacial score (nSPS) is 10.2. The minimum absolute atomic E-state index is 0.181. The van der Waals surface area contributed by atoms with E-state index in [0.717, 1.165) is 5.69 Å². The molecule has 2 N–H and O–H groups in total. The maximum Gasteiger partial charge on any atom is 0.315 e. The molecule has 1 aromatic carbocycles. The number of nitrogens with zero attached hydrogens (tertiary/aromatic N) is 1. The summed E-state index contributed by atoms with van der Waals surface area (Å²) in [5.74, 6) is 0. The van der Waals surface area contributed by atoms with Crippen LogP contribution in [0.2, 0.25) is 0 Å². The molecule has 1 heterocycles. The van der Waals surface area contributed by atoms with E-state index < -0.39 is 0 Å². The minimum atomic E-state index is -0.181. The molecule has 4 nitrogen and oxygen atoms in total. The molecule has 2 aromatic rings. The zero-order valence-electron chi connectivity index (χ0n) is 12.7. The third-order valence-electron chi connectivity index (χ3n) is 3.42. The van der Waals surface area contributed by atoms with Gasteiger partial charge in [0, 0.05) is 12.7 Å². The Morgan fingerprint density at radius 3 is 2.33 bits per heavy atom. The Balaban J connectivity index is 1.87. The largest absolute Gasteiger partial charge is 0.334 e. The highest BCUT2D eigenvalue weighted by Crippen LogP contribution is 2.15. The fourth-order valence-electron chi connectivity index (χ4n) is 2.39. The number of carbonyl (C=O) groups is 1. The average molecular weight is 283 g/mol. The van der Waals surface area contributed by atoms with Crippen LogP contribution in [-0.2, 0) is 13.1 Å². The molecule has 0 radical (unpaired) electrons. The van der Waals surface area contributed by atoms with Crippen LogP contribution < -0.4 is 10.6 Å². The van der Waals surface area contributed by atoms with Crippen LogP contribution in [0.3, 0.4) is 0 Å². The van der Waals surface area contributed by atoms with Crippen LogP contribution in [0.25, 0.3) is 0 Å². The van der Waals surface area contributed by atoms with Crippen molar-refractivity contribution in [1.29, 1.82) is 0 Å². The lowest BCUT2D eigenvalue weighted by Gasteiger charge is -2.13. The first kappa shape index (κ1) is 15.0. The molecule has 2 rings (SSSR count). The second-order valence-corrected chi connectivity index (χ2v) is 5.23. The molecule has 1 aromatic heterocycles. The maximum atomic E-state index is 11.8. The molecule has 0 spiro atoms. The Hall–Kier alpha value is -2.36. The van der Waals surface area contributed by atoms with Gasteiger partial charge in [-0.3, -0.25) is 4.98 Å². The fourth-order valence-corrected chi connectivity index (χ4v) is 2.39. The van der Waals surface area contributed by atoms with Crippen molar-refractivity contribution in [1.82, 2.24) is 15.6 Å². The predicted molar refractivity (Wildman–Crippen MR) is 84.0 cm³/mol. The van der Waals surface area contributed by atoms with Crippen LogP contribution in [0.1, 0.15) is 27.9 Å². The van der Waals surface area contributed by atoms with Crippen molar-refractivity contribution >= 4 is 6.03 Å². The van der Waals surface area contributed by atoms with E-state index in [1.807, 2.05) is 18.2 Å². The fraction of sp³-hybridized carbons (Fsp3) is 0.294. The van der Waals surface area contributed by atoms with Crippen LogP contribution in [0, 0.1) is 20.8 Å². The first-order valence-electron chi connectivity index (χ1n) is 7.04. The van der Waals surface area contributed by atoms with Crippen molar-refractivity contribution in [2.45, 2.75) is 33.9 Å². The van der Waals surface area contributed by atoms with Crippen LogP contribution in [0.15, 0.2) is 36.5 Å². The van der Waals surface area contributed by atoms with Crippen molar-refractivity contribution in [3.8, 4) is 0 Å². The molecule has 0 saturated carbocycles. The Morgan fingerprint density at radius 2 is 1.71 bits per heavy atom. The van der Waals surface area contributed by atoms with Crippen molar-refractivity contribution in [3.63, 3.8) is 0 Å². The highest BCUT2D eigenvalue weighted by atomic mass is 16.2. The van der Waals surface area contributed by atoms with Gasteiger partial charge in [0.05, 0.1) is 12.2 Å². The smallest absolute Gasteiger partial charge is 0.315 e. The quantitative estimate of drug-likeness (QED) is 0.906. The standard InChI is InChI=1S/C17H21N3O/c1-12-8-13(2)16(14(3)9-12)11-20-17(21)19-10-15-6-4-5-7-18-15/h4-9H,10-11H2,1-3H3,(H2,19,20,21). The second kappa shape index (κ2) is 6.88. The van der Waals surface area contributed by atoms with Crippen LogP contribution in [-0.4, -0.2) is 11.0 Å². The lowest BCUT2D eigenvalue weighted by atomic mass is 10.00. The van der Waals surface area contributed by atoms with Gasteiger partial charge in [0.15, 0.2) is 0 Å². The Morgan fingerprint density at radius 1 is 1.05 bits per heavy atom. The third-order valence-corrected chi connectivity index (χ3v) is 3.42. The number of hydrogen-bond donors (Lipinski definition) is 2.